The van der Waals surface area contributed by atoms with Crippen LogP contribution in [0.4, 0.5) is 0 Å². The second kappa shape index (κ2) is 5.25. The maximum absolute atomic E-state index is 11.4. The third kappa shape index (κ3) is 3.50. The van der Waals surface area contributed by atoms with Gasteiger partial charge in [-0.15, -0.1) is 0 Å². The molecule has 1 amide bonds. The van der Waals surface area contributed by atoms with Crippen molar-refractivity contribution in [3.63, 3.8) is 0 Å². The van der Waals surface area contributed by atoms with Gasteiger partial charge < -0.3 is 0 Å². The first-order chi connectivity index (χ1) is 7.11. The summed E-state index contributed by atoms with van der Waals surface area (Å²) in [5, 5.41) is 8.65. The Morgan fingerprint density at radius 2 is 1.93 bits per heavy atom. The number of benzene rings is 1. The van der Waals surface area contributed by atoms with Gasteiger partial charge in [0.2, 0.25) is 5.11 Å². The molecule has 5 N–H and O–H groups in total. The van der Waals surface area contributed by atoms with Crippen LogP contribution in [0.5, 0.6) is 0 Å². The maximum Gasteiger partial charge on any atom is 0.269 e. The van der Waals surface area contributed by atoms with Crippen LogP contribution in [0.25, 0.3) is 0 Å². The summed E-state index contributed by atoms with van der Waals surface area (Å²) in [6.07, 6.45) is 0. The summed E-state index contributed by atoms with van der Waals surface area (Å²) < 4.78 is 0. The highest BCUT2D eigenvalue weighted by Gasteiger charge is 2.05. The molecular formula is C8H10N4O2S. The van der Waals surface area contributed by atoms with E-state index in [0.717, 1.165) is 0 Å². The third-order valence-corrected chi connectivity index (χ3v) is 1.82. The van der Waals surface area contributed by atoms with Gasteiger partial charge in [0.15, 0.2) is 0 Å². The molecule has 1 rings (SSSR count). The fourth-order valence-electron chi connectivity index (χ4n) is 0.829. The normalized spacial score (nSPS) is 9.20. The molecule has 1 aromatic rings. The number of hydrogen-bond acceptors (Lipinski definition) is 4. The molecule has 0 fully saturated rings. The van der Waals surface area contributed by atoms with Gasteiger partial charge in [0.25, 0.3) is 5.91 Å². The lowest BCUT2D eigenvalue weighted by Crippen LogP contribution is -2.49. The van der Waals surface area contributed by atoms with Crippen molar-refractivity contribution in [2.24, 2.45) is 5.84 Å². The van der Waals surface area contributed by atoms with E-state index in [1.165, 1.54) is 0 Å². The van der Waals surface area contributed by atoms with Crippen molar-refractivity contribution in [2.75, 3.05) is 0 Å². The molecule has 0 atom stereocenters. The highest BCUT2D eigenvalue weighted by atomic mass is 32.1. The molecule has 1 aromatic carbocycles. The van der Waals surface area contributed by atoms with Crippen molar-refractivity contribution in [1.82, 2.24) is 16.0 Å². The molecule has 0 aromatic heterocycles. The lowest BCUT2D eigenvalue weighted by molar-refractivity contribution is -0.0171. The van der Waals surface area contributed by atoms with Gasteiger partial charge in [-0.25, -0.2) is 5.84 Å². The van der Waals surface area contributed by atoms with E-state index in [1.807, 2.05) is 0 Å². The number of hydrogen-bond donors (Lipinski definition) is 4. The molecule has 0 saturated heterocycles. The van der Waals surface area contributed by atoms with Crippen LogP contribution in [0.3, 0.4) is 0 Å². The Morgan fingerprint density at radius 3 is 2.47 bits per heavy atom. The number of carbonyl (C=O) groups excluding carboxylic acids is 1. The average Bonchev–Trinajstić information content (AvgIpc) is 2.26. The number of nitrogens with zero attached hydrogens (tertiary/aromatic N) is 1. The van der Waals surface area contributed by atoms with Gasteiger partial charge in [0.05, 0.1) is 0 Å². The van der Waals surface area contributed by atoms with Crippen LogP contribution >= 0.6 is 12.2 Å². The Hall–Kier alpha value is -1.70. The van der Waals surface area contributed by atoms with Crippen LogP contribution in [0.2, 0.25) is 0 Å². The van der Waals surface area contributed by atoms with Crippen molar-refractivity contribution in [3.05, 3.63) is 35.9 Å². The van der Waals surface area contributed by atoms with Gasteiger partial charge >= 0.3 is 0 Å². The number of hydroxylamine groups is 1. The molecular weight excluding hydrogens is 216 g/mol. The second-order valence-corrected chi connectivity index (χ2v) is 2.98. The van der Waals surface area contributed by atoms with E-state index >= 15 is 0 Å². The molecule has 0 unspecified atom stereocenters. The van der Waals surface area contributed by atoms with E-state index in [1.54, 1.807) is 30.3 Å². The summed E-state index contributed by atoms with van der Waals surface area (Å²) in [4.78, 5) is 11.4. The van der Waals surface area contributed by atoms with Gasteiger partial charge in [-0.1, -0.05) is 18.2 Å². The van der Waals surface area contributed by atoms with E-state index < -0.39 is 0 Å². The van der Waals surface area contributed by atoms with Crippen LogP contribution < -0.4 is 16.7 Å². The predicted molar refractivity (Wildman–Crippen MR) is 57.5 cm³/mol. The predicted octanol–water partition coefficient (Wildman–Crippen LogP) is -0.229. The smallest absolute Gasteiger partial charge is 0.269 e. The molecule has 0 bridgehead atoms. The SMILES string of the molecule is NN(O)C(=S)NNC(=O)c1ccccc1. The summed E-state index contributed by atoms with van der Waals surface area (Å²) in [6, 6.07) is 8.53. The lowest BCUT2D eigenvalue weighted by Gasteiger charge is -2.13. The van der Waals surface area contributed by atoms with Crippen molar-refractivity contribution < 1.29 is 10.0 Å². The highest BCUT2D eigenvalue weighted by molar-refractivity contribution is 7.80. The number of carbonyl (C=O) groups is 1. The second-order valence-electron chi connectivity index (χ2n) is 2.59. The summed E-state index contributed by atoms with van der Waals surface area (Å²) in [7, 11) is 0. The molecule has 6 nitrogen and oxygen atoms in total. The average molecular weight is 226 g/mol. The fraction of sp³-hybridized carbons (Fsp3) is 0. The van der Waals surface area contributed by atoms with Crippen LogP contribution in [-0.4, -0.2) is 21.4 Å². The summed E-state index contributed by atoms with van der Waals surface area (Å²) in [5.74, 6) is 4.52. The van der Waals surface area contributed by atoms with Gasteiger partial charge in [0, 0.05) is 5.56 Å². The first-order valence-corrected chi connectivity index (χ1v) is 4.41. The highest BCUT2D eigenvalue weighted by Crippen LogP contribution is 1.96. The molecule has 0 heterocycles. The van der Waals surface area contributed by atoms with Gasteiger partial charge in [-0.3, -0.25) is 20.9 Å². The summed E-state index contributed by atoms with van der Waals surface area (Å²) in [6.45, 7) is 0. The molecule has 0 aliphatic carbocycles. The zero-order valence-corrected chi connectivity index (χ0v) is 8.49. The van der Waals surface area contributed by atoms with E-state index in [0.29, 0.717) is 5.56 Å². The van der Waals surface area contributed by atoms with E-state index in [4.69, 9.17) is 11.0 Å². The lowest BCUT2D eigenvalue weighted by atomic mass is 10.2. The van der Waals surface area contributed by atoms with Crippen LogP contribution in [0.15, 0.2) is 30.3 Å². The molecule has 0 aliphatic heterocycles. The zero-order valence-electron chi connectivity index (χ0n) is 7.68. The summed E-state index contributed by atoms with van der Waals surface area (Å²) >= 11 is 4.57. The van der Waals surface area contributed by atoms with Crippen LogP contribution in [-0.2, 0) is 0 Å². The number of nitrogens with one attached hydrogen (secondary N) is 2. The standard InChI is InChI=1S/C8H10N4O2S/c9-12(14)8(15)11-10-7(13)6-4-2-1-3-5-6/h1-5,14H,9H2,(H,10,13)(H,11,15). The Kier molecular flexibility index (Phi) is 3.98. The first kappa shape index (κ1) is 11.4. The Bertz CT molecular complexity index is 355. The minimum absolute atomic E-state index is 0.195. The number of thiocarbonyl (C=S) groups is 1. The van der Waals surface area contributed by atoms with E-state index in [-0.39, 0.29) is 16.2 Å². The maximum atomic E-state index is 11.4. The minimum Gasteiger partial charge on any atom is -0.271 e. The van der Waals surface area contributed by atoms with Crippen LogP contribution in [0, 0.1) is 0 Å². The first-order valence-electron chi connectivity index (χ1n) is 4.00. The summed E-state index contributed by atoms with van der Waals surface area (Å²) in [5.41, 5.74) is 5.00. The number of amides is 1. The molecule has 15 heavy (non-hydrogen) atoms. The monoisotopic (exact) mass is 226 g/mol. The topological polar surface area (TPSA) is 90.6 Å². The van der Waals surface area contributed by atoms with Crippen molar-refractivity contribution in [3.8, 4) is 0 Å². The Balaban J connectivity index is 2.48. The Morgan fingerprint density at radius 1 is 1.33 bits per heavy atom. The van der Waals surface area contributed by atoms with Crippen molar-refractivity contribution in [1.29, 1.82) is 0 Å². The van der Waals surface area contributed by atoms with Gasteiger partial charge in [0.1, 0.15) is 0 Å². The largest absolute Gasteiger partial charge is 0.271 e. The van der Waals surface area contributed by atoms with E-state index in [2.05, 4.69) is 23.1 Å². The third-order valence-electron chi connectivity index (χ3n) is 1.53. The molecule has 80 valence electrons. The molecule has 0 saturated carbocycles. The molecule has 0 radical (unpaired) electrons. The van der Waals surface area contributed by atoms with Gasteiger partial charge in [-0.2, -0.15) is 5.17 Å². The number of nitrogens with two attached hydrogens (primary N) is 1. The minimum atomic E-state index is -0.375. The number of rotatable bonds is 1. The Labute approximate surface area is 91.6 Å². The van der Waals surface area contributed by atoms with Crippen molar-refractivity contribution >= 4 is 23.2 Å². The van der Waals surface area contributed by atoms with E-state index in [9.17, 15) is 4.79 Å². The molecule has 0 aliphatic rings. The molecule has 7 heteroatoms. The number of hydrazine groups is 2. The van der Waals surface area contributed by atoms with Crippen LogP contribution in [0.1, 0.15) is 10.4 Å². The van der Waals surface area contributed by atoms with Gasteiger partial charge in [-0.05, 0) is 24.4 Å². The zero-order chi connectivity index (χ0) is 11.3. The quantitative estimate of drug-likeness (QED) is 0.300. The molecule has 0 spiro atoms. The fourth-order valence-corrected chi connectivity index (χ4v) is 0.880. The van der Waals surface area contributed by atoms with Crippen molar-refractivity contribution in [2.45, 2.75) is 0 Å².